The van der Waals surface area contributed by atoms with Gasteiger partial charge in [0, 0.05) is 10.6 Å². The monoisotopic (exact) mass is 367 g/mol. The van der Waals surface area contributed by atoms with Crippen LogP contribution in [0.25, 0.3) is 0 Å². The fourth-order valence-corrected chi connectivity index (χ4v) is 2.79. The summed E-state index contributed by atoms with van der Waals surface area (Å²) < 4.78 is 6.09. The van der Waals surface area contributed by atoms with Crippen LogP contribution >= 0.6 is 27.3 Å². The zero-order valence-electron chi connectivity index (χ0n) is 11.3. The van der Waals surface area contributed by atoms with Gasteiger partial charge in [0.15, 0.2) is 0 Å². The standard InChI is InChI=1S/C14H14BrN3O2S/c1-20-11-4-2-10(3-5-11)16-9-14(19)18-17-8-12-6-7-13(15)21-12/h2-8,16H,9H2,1H3,(H,18,19)/b17-8+. The highest BCUT2D eigenvalue weighted by Gasteiger charge is 2.00. The van der Waals surface area contributed by atoms with Crippen molar-refractivity contribution in [2.24, 2.45) is 5.10 Å². The molecule has 0 saturated heterocycles. The van der Waals surface area contributed by atoms with E-state index in [1.807, 2.05) is 36.4 Å². The van der Waals surface area contributed by atoms with Crippen molar-refractivity contribution in [3.05, 3.63) is 45.1 Å². The van der Waals surface area contributed by atoms with Crippen LogP contribution in [0.5, 0.6) is 5.75 Å². The number of nitrogens with zero attached hydrogens (tertiary/aromatic N) is 1. The SMILES string of the molecule is COc1ccc(NCC(=O)N/N=C/c2ccc(Br)s2)cc1. The molecule has 0 aliphatic rings. The van der Waals surface area contributed by atoms with E-state index in [1.54, 1.807) is 24.7 Å². The summed E-state index contributed by atoms with van der Waals surface area (Å²) in [7, 11) is 1.61. The van der Waals surface area contributed by atoms with E-state index in [-0.39, 0.29) is 12.5 Å². The minimum atomic E-state index is -0.210. The van der Waals surface area contributed by atoms with Crippen LogP contribution in [0.1, 0.15) is 4.88 Å². The number of nitrogens with one attached hydrogen (secondary N) is 2. The first-order valence-electron chi connectivity index (χ1n) is 6.12. The van der Waals surface area contributed by atoms with Crippen molar-refractivity contribution in [1.82, 2.24) is 5.43 Å². The van der Waals surface area contributed by atoms with Gasteiger partial charge < -0.3 is 10.1 Å². The Morgan fingerprint density at radius 1 is 1.33 bits per heavy atom. The summed E-state index contributed by atoms with van der Waals surface area (Å²) in [5, 5.41) is 6.90. The number of benzene rings is 1. The Morgan fingerprint density at radius 2 is 2.10 bits per heavy atom. The second kappa shape index (κ2) is 7.80. The number of carbonyl (C=O) groups is 1. The Bertz CT molecular complexity index is 625. The predicted octanol–water partition coefficient (Wildman–Crippen LogP) is 3.08. The van der Waals surface area contributed by atoms with Gasteiger partial charge in [0.25, 0.3) is 5.91 Å². The molecular formula is C14H14BrN3O2S. The molecule has 0 aliphatic carbocycles. The van der Waals surface area contributed by atoms with Crippen LogP contribution in [-0.2, 0) is 4.79 Å². The number of rotatable bonds is 6. The normalized spacial score (nSPS) is 10.6. The predicted molar refractivity (Wildman–Crippen MR) is 89.2 cm³/mol. The van der Waals surface area contributed by atoms with Crippen LogP contribution < -0.4 is 15.5 Å². The molecule has 2 N–H and O–H groups in total. The van der Waals surface area contributed by atoms with Gasteiger partial charge in [0.2, 0.25) is 0 Å². The number of anilines is 1. The van der Waals surface area contributed by atoms with E-state index in [0.717, 1.165) is 20.1 Å². The average molecular weight is 368 g/mol. The molecule has 1 aromatic carbocycles. The summed E-state index contributed by atoms with van der Waals surface area (Å²) in [6.45, 7) is 0.151. The Hall–Kier alpha value is -1.86. The van der Waals surface area contributed by atoms with Crippen molar-refractivity contribution in [1.29, 1.82) is 0 Å². The maximum atomic E-state index is 11.6. The van der Waals surface area contributed by atoms with E-state index in [9.17, 15) is 4.79 Å². The summed E-state index contributed by atoms with van der Waals surface area (Å²) >= 11 is 4.91. The molecule has 1 aromatic heterocycles. The van der Waals surface area contributed by atoms with Crippen LogP contribution in [0.4, 0.5) is 5.69 Å². The zero-order valence-corrected chi connectivity index (χ0v) is 13.7. The van der Waals surface area contributed by atoms with Crippen LogP contribution in [-0.4, -0.2) is 25.8 Å². The van der Waals surface area contributed by atoms with Crippen LogP contribution in [0.15, 0.2) is 45.3 Å². The fourth-order valence-electron chi connectivity index (χ4n) is 1.50. The number of carbonyl (C=O) groups excluding carboxylic acids is 1. The van der Waals surface area contributed by atoms with Gasteiger partial charge in [-0.3, -0.25) is 4.79 Å². The molecule has 110 valence electrons. The lowest BCUT2D eigenvalue weighted by Gasteiger charge is -2.06. The quantitative estimate of drug-likeness (QED) is 0.609. The molecule has 0 aliphatic heterocycles. The largest absolute Gasteiger partial charge is 0.497 e. The van der Waals surface area contributed by atoms with Crippen LogP contribution in [0, 0.1) is 0 Å². The topological polar surface area (TPSA) is 62.7 Å². The average Bonchev–Trinajstić information content (AvgIpc) is 2.91. The van der Waals surface area contributed by atoms with Gasteiger partial charge in [-0.1, -0.05) is 0 Å². The number of halogens is 1. The van der Waals surface area contributed by atoms with Crippen molar-refractivity contribution in [2.45, 2.75) is 0 Å². The van der Waals surface area contributed by atoms with Gasteiger partial charge in [-0.2, -0.15) is 5.10 Å². The smallest absolute Gasteiger partial charge is 0.259 e. The highest BCUT2D eigenvalue weighted by atomic mass is 79.9. The van der Waals surface area contributed by atoms with Gasteiger partial charge in [0.05, 0.1) is 23.7 Å². The summed E-state index contributed by atoms with van der Waals surface area (Å²) in [5.41, 5.74) is 3.31. The molecule has 0 spiro atoms. The second-order valence-corrected chi connectivity index (χ2v) is 6.51. The Kier molecular flexibility index (Phi) is 5.77. The number of hydrogen-bond donors (Lipinski definition) is 2. The first-order valence-corrected chi connectivity index (χ1v) is 7.73. The number of thiophene rings is 1. The van der Waals surface area contributed by atoms with E-state index in [2.05, 4.69) is 31.8 Å². The summed E-state index contributed by atoms with van der Waals surface area (Å²) in [4.78, 5) is 12.6. The molecule has 0 fully saturated rings. The Morgan fingerprint density at radius 3 is 2.71 bits per heavy atom. The summed E-state index contributed by atoms with van der Waals surface area (Å²) in [6.07, 6.45) is 1.61. The molecule has 0 saturated carbocycles. The molecule has 5 nitrogen and oxygen atoms in total. The molecule has 21 heavy (non-hydrogen) atoms. The third kappa shape index (κ3) is 5.20. The lowest BCUT2D eigenvalue weighted by atomic mass is 10.3. The summed E-state index contributed by atoms with van der Waals surface area (Å²) in [5.74, 6) is 0.564. The van der Waals surface area contributed by atoms with E-state index in [4.69, 9.17) is 4.74 Å². The first-order chi connectivity index (χ1) is 10.2. The van der Waals surface area contributed by atoms with Gasteiger partial charge >= 0.3 is 0 Å². The summed E-state index contributed by atoms with van der Waals surface area (Å²) in [6, 6.07) is 11.2. The van der Waals surface area contributed by atoms with Crippen molar-refractivity contribution in [3.8, 4) is 5.75 Å². The van der Waals surface area contributed by atoms with Crippen molar-refractivity contribution in [3.63, 3.8) is 0 Å². The van der Waals surface area contributed by atoms with Gasteiger partial charge in [-0.15, -0.1) is 11.3 Å². The molecule has 1 amide bonds. The maximum absolute atomic E-state index is 11.6. The van der Waals surface area contributed by atoms with E-state index in [1.165, 1.54) is 0 Å². The number of methoxy groups -OCH3 is 1. The molecule has 7 heteroatoms. The highest BCUT2D eigenvalue weighted by molar-refractivity contribution is 9.11. The van der Waals surface area contributed by atoms with E-state index >= 15 is 0 Å². The minimum absolute atomic E-state index is 0.151. The molecule has 2 aromatic rings. The number of hydrogen-bond acceptors (Lipinski definition) is 5. The van der Waals surface area contributed by atoms with Crippen LogP contribution in [0.2, 0.25) is 0 Å². The molecule has 2 rings (SSSR count). The fraction of sp³-hybridized carbons (Fsp3) is 0.143. The lowest BCUT2D eigenvalue weighted by Crippen LogP contribution is -2.25. The molecule has 0 atom stereocenters. The van der Waals surface area contributed by atoms with Crippen LogP contribution in [0.3, 0.4) is 0 Å². The Balaban J connectivity index is 1.75. The number of hydrazone groups is 1. The van der Waals surface area contributed by atoms with Gasteiger partial charge in [0.1, 0.15) is 5.75 Å². The van der Waals surface area contributed by atoms with Gasteiger partial charge in [-0.05, 0) is 52.3 Å². The molecule has 1 heterocycles. The molecular weight excluding hydrogens is 354 g/mol. The number of amides is 1. The Labute approximate surface area is 135 Å². The lowest BCUT2D eigenvalue weighted by molar-refractivity contribution is -0.119. The minimum Gasteiger partial charge on any atom is -0.497 e. The maximum Gasteiger partial charge on any atom is 0.259 e. The molecule has 0 unspecified atom stereocenters. The highest BCUT2D eigenvalue weighted by Crippen LogP contribution is 2.20. The first kappa shape index (κ1) is 15.5. The van der Waals surface area contributed by atoms with E-state index in [0.29, 0.717) is 0 Å². The number of ether oxygens (including phenoxy) is 1. The zero-order chi connectivity index (χ0) is 15.1. The van der Waals surface area contributed by atoms with Gasteiger partial charge in [-0.25, -0.2) is 5.43 Å². The van der Waals surface area contributed by atoms with Crippen molar-refractivity contribution in [2.75, 3.05) is 19.0 Å². The van der Waals surface area contributed by atoms with E-state index < -0.39 is 0 Å². The third-order valence-electron chi connectivity index (χ3n) is 2.52. The second-order valence-electron chi connectivity index (χ2n) is 4.02. The molecule has 0 bridgehead atoms. The van der Waals surface area contributed by atoms with Crippen molar-refractivity contribution >= 4 is 45.1 Å². The van der Waals surface area contributed by atoms with Crippen molar-refractivity contribution < 1.29 is 9.53 Å². The third-order valence-corrected chi connectivity index (χ3v) is 4.08. The molecule has 0 radical (unpaired) electrons.